The van der Waals surface area contributed by atoms with E-state index in [1.807, 2.05) is 20.8 Å². The molecule has 0 fully saturated rings. The lowest BCUT2D eigenvalue weighted by atomic mass is 9.78. The number of benzene rings is 2. The zero-order chi connectivity index (χ0) is 26.6. The van der Waals surface area contributed by atoms with Crippen LogP contribution in [0.4, 0.5) is 0 Å². The number of alkyl halides is 3. The van der Waals surface area contributed by atoms with Crippen LogP contribution in [0.2, 0.25) is 0 Å². The Morgan fingerprint density at radius 2 is 1.09 bits per heavy atom. The molecule has 0 aromatic heterocycles. The molecule has 0 spiro atoms. The molecule has 0 aliphatic heterocycles. The Morgan fingerprint density at radius 1 is 0.686 bits per heavy atom. The first-order chi connectivity index (χ1) is 16.2. The van der Waals surface area contributed by atoms with Gasteiger partial charge in [0.05, 0.1) is 28.3 Å². The van der Waals surface area contributed by atoms with E-state index in [-0.39, 0.29) is 21.9 Å². The first-order valence-electron chi connectivity index (χ1n) is 10.9. The quantitative estimate of drug-likeness (QED) is 0.210. The lowest BCUT2D eigenvalue weighted by Crippen LogP contribution is -2.32. The first kappa shape index (κ1) is 32.6. The fourth-order valence-corrected chi connectivity index (χ4v) is 6.76. The standard InChI is InChI=1S/C25H29Br7O3/c1-24(2,3)35-17(11-27)13-34-23-20(31)8-15(9-21(23)32)25(4,5)14-6-18(29)22(19(30)7-14)33-12-16(28)10-26/h6-9,16-17H,10-13H2,1-5H3. The second-order valence-electron chi connectivity index (χ2n) is 9.54. The minimum absolute atomic E-state index is 0.0605. The van der Waals surface area contributed by atoms with E-state index < -0.39 is 0 Å². The molecule has 0 saturated carbocycles. The minimum atomic E-state index is -0.283. The van der Waals surface area contributed by atoms with Gasteiger partial charge < -0.3 is 14.2 Å². The first-order valence-corrected chi connectivity index (χ1v) is 17.2. The topological polar surface area (TPSA) is 27.7 Å². The van der Waals surface area contributed by atoms with Gasteiger partial charge >= 0.3 is 0 Å². The normalized spacial score (nSPS) is 14.1. The molecule has 0 heterocycles. The lowest BCUT2D eigenvalue weighted by molar-refractivity contribution is -0.0643. The molecule has 0 amide bonds. The predicted molar refractivity (Wildman–Crippen MR) is 172 cm³/mol. The fraction of sp³-hybridized carbons (Fsp3) is 0.520. The highest BCUT2D eigenvalue weighted by molar-refractivity contribution is 9.12. The predicted octanol–water partition coefficient (Wildman–Crippen LogP) is 10.6. The molecule has 196 valence electrons. The Labute approximate surface area is 268 Å². The molecule has 2 aromatic carbocycles. The van der Waals surface area contributed by atoms with Gasteiger partial charge in [-0.2, -0.15) is 0 Å². The third-order valence-corrected chi connectivity index (χ3v) is 10.4. The van der Waals surface area contributed by atoms with Crippen LogP contribution in [-0.4, -0.2) is 40.4 Å². The molecule has 2 aromatic rings. The van der Waals surface area contributed by atoms with Crippen molar-refractivity contribution in [2.24, 2.45) is 0 Å². The van der Waals surface area contributed by atoms with Crippen molar-refractivity contribution < 1.29 is 14.2 Å². The summed E-state index contributed by atoms with van der Waals surface area (Å²) in [4.78, 5) is 0.234. The van der Waals surface area contributed by atoms with Crippen molar-refractivity contribution in [2.75, 3.05) is 23.9 Å². The van der Waals surface area contributed by atoms with E-state index in [4.69, 9.17) is 14.2 Å². The summed E-state index contributed by atoms with van der Waals surface area (Å²) in [5.41, 5.74) is 1.76. The van der Waals surface area contributed by atoms with Gasteiger partial charge in [-0.1, -0.05) is 61.6 Å². The van der Waals surface area contributed by atoms with Gasteiger partial charge in [0.2, 0.25) is 0 Å². The molecule has 2 atom stereocenters. The summed E-state index contributed by atoms with van der Waals surface area (Å²) in [5, 5.41) is 1.51. The molecule has 35 heavy (non-hydrogen) atoms. The fourth-order valence-electron chi connectivity index (χ4n) is 3.29. The van der Waals surface area contributed by atoms with E-state index in [2.05, 4.69) is 150 Å². The summed E-state index contributed by atoms with van der Waals surface area (Å²) in [6.45, 7) is 11.5. The molecular weight excluding hydrogens is 908 g/mol. The van der Waals surface area contributed by atoms with E-state index in [0.29, 0.717) is 18.5 Å². The van der Waals surface area contributed by atoms with E-state index >= 15 is 0 Å². The molecule has 0 saturated heterocycles. The number of ether oxygens (including phenoxy) is 3. The second kappa shape index (κ2) is 14.1. The van der Waals surface area contributed by atoms with Gasteiger partial charge in [0.1, 0.15) is 30.8 Å². The molecule has 0 N–H and O–H groups in total. The molecule has 2 unspecified atom stereocenters. The Bertz CT molecular complexity index is 959. The maximum absolute atomic E-state index is 6.16. The third kappa shape index (κ3) is 9.50. The van der Waals surface area contributed by atoms with Crippen LogP contribution in [0.1, 0.15) is 45.7 Å². The van der Waals surface area contributed by atoms with E-state index in [1.54, 1.807) is 0 Å². The maximum Gasteiger partial charge on any atom is 0.147 e. The number of halogens is 7. The summed E-state index contributed by atoms with van der Waals surface area (Å²) >= 11 is 25.4. The molecular formula is C25H29Br7O3. The Morgan fingerprint density at radius 3 is 1.43 bits per heavy atom. The summed E-state index contributed by atoms with van der Waals surface area (Å²) < 4.78 is 21.8. The molecule has 2 rings (SSSR count). The molecule has 0 aliphatic rings. The van der Waals surface area contributed by atoms with Crippen LogP contribution in [0, 0.1) is 0 Å². The zero-order valence-electron chi connectivity index (χ0n) is 20.2. The van der Waals surface area contributed by atoms with Crippen LogP contribution in [0.25, 0.3) is 0 Å². The van der Waals surface area contributed by atoms with Crippen LogP contribution in [0.15, 0.2) is 42.2 Å². The average molecular weight is 937 g/mol. The van der Waals surface area contributed by atoms with Gasteiger partial charge in [0.15, 0.2) is 0 Å². The van der Waals surface area contributed by atoms with Crippen molar-refractivity contribution in [3.8, 4) is 11.5 Å². The smallest absolute Gasteiger partial charge is 0.147 e. The van der Waals surface area contributed by atoms with Crippen LogP contribution in [0.3, 0.4) is 0 Å². The van der Waals surface area contributed by atoms with Crippen molar-refractivity contribution in [3.05, 3.63) is 53.3 Å². The third-order valence-electron chi connectivity index (χ3n) is 5.12. The lowest BCUT2D eigenvalue weighted by Gasteiger charge is -2.29. The average Bonchev–Trinajstić information content (AvgIpc) is 2.75. The molecule has 0 radical (unpaired) electrons. The summed E-state index contributed by atoms with van der Waals surface area (Å²) in [6, 6.07) is 8.47. The molecule has 10 heteroatoms. The van der Waals surface area contributed by atoms with Crippen molar-refractivity contribution in [3.63, 3.8) is 0 Å². The van der Waals surface area contributed by atoms with Gasteiger partial charge in [0.25, 0.3) is 0 Å². The van der Waals surface area contributed by atoms with Crippen LogP contribution >= 0.6 is 112 Å². The Kier molecular flexibility index (Phi) is 13.1. The number of hydrogen-bond donors (Lipinski definition) is 0. The van der Waals surface area contributed by atoms with Crippen molar-refractivity contribution in [2.45, 2.75) is 56.6 Å². The SMILES string of the molecule is CC(C)(C)OC(CBr)COc1c(Br)cc(C(C)(C)c2cc(Br)c(OCC(Br)CBr)c(Br)c2)cc1Br. The maximum atomic E-state index is 6.16. The van der Waals surface area contributed by atoms with E-state index in [0.717, 1.165) is 45.8 Å². The molecule has 0 bridgehead atoms. The minimum Gasteiger partial charge on any atom is -0.490 e. The second-order valence-corrected chi connectivity index (χ2v) is 15.6. The van der Waals surface area contributed by atoms with Gasteiger partial charge in [-0.3, -0.25) is 0 Å². The van der Waals surface area contributed by atoms with Crippen molar-refractivity contribution in [1.82, 2.24) is 0 Å². The Hall–Kier alpha value is 1.36. The number of rotatable bonds is 11. The number of hydrogen-bond acceptors (Lipinski definition) is 3. The molecule has 0 aliphatic carbocycles. The zero-order valence-corrected chi connectivity index (χ0v) is 31.3. The van der Waals surface area contributed by atoms with Crippen LogP contribution in [-0.2, 0) is 10.2 Å². The largest absolute Gasteiger partial charge is 0.490 e. The highest BCUT2D eigenvalue weighted by Crippen LogP contribution is 2.44. The van der Waals surface area contributed by atoms with Gasteiger partial charge in [-0.15, -0.1) is 0 Å². The Balaban J connectivity index is 2.29. The van der Waals surface area contributed by atoms with Gasteiger partial charge in [-0.05, 0) is 120 Å². The van der Waals surface area contributed by atoms with Gasteiger partial charge in [0, 0.05) is 16.1 Å². The summed E-state index contributed by atoms with van der Waals surface area (Å²) in [6.07, 6.45) is -0.0605. The van der Waals surface area contributed by atoms with E-state index in [1.165, 1.54) is 0 Å². The van der Waals surface area contributed by atoms with Gasteiger partial charge in [-0.25, -0.2) is 0 Å². The monoisotopic (exact) mass is 930 g/mol. The van der Waals surface area contributed by atoms with Crippen molar-refractivity contribution >= 4 is 112 Å². The van der Waals surface area contributed by atoms with Crippen molar-refractivity contribution in [1.29, 1.82) is 0 Å². The van der Waals surface area contributed by atoms with E-state index in [9.17, 15) is 0 Å². The summed E-state index contributed by atoms with van der Waals surface area (Å²) in [7, 11) is 0. The highest BCUT2D eigenvalue weighted by atomic mass is 79.9. The highest BCUT2D eigenvalue weighted by Gasteiger charge is 2.28. The summed E-state index contributed by atoms with van der Waals surface area (Å²) in [5.74, 6) is 1.55. The molecule has 3 nitrogen and oxygen atoms in total. The van der Waals surface area contributed by atoms with Crippen LogP contribution < -0.4 is 9.47 Å². The van der Waals surface area contributed by atoms with Crippen LogP contribution in [0.5, 0.6) is 11.5 Å².